The van der Waals surface area contributed by atoms with E-state index in [0.29, 0.717) is 0 Å². The Labute approximate surface area is 126 Å². The van der Waals surface area contributed by atoms with Crippen molar-refractivity contribution >= 4 is 12.0 Å². The van der Waals surface area contributed by atoms with Gasteiger partial charge in [-0.05, 0) is 40.2 Å². The first-order valence-corrected chi connectivity index (χ1v) is 7.04. The molecule has 0 spiro atoms. The zero-order valence-corrected chi connectivity index (χ0v) is 13.3. The smallest absolute Gasteiger partial charge is 0.408 e. The first-order valence-electron chi connectivity index (χ1n) is 7.04. The molecule has 116 valence electrons. The minimum absolute atomic E-state index is 0.124. The fraction of sp³-hybridized carbons (Fsp3) is 0.500. The van der Waals surface area contributed by atoms with E-state index in [0.717, 1.165) is 5.56 Å². The van der Waals surface area contributed by atoms with Gasteiger partial charge in [0, 0.05) is 0 Å². The lowest BCUT2D eigenvalue weighted by atomic mass is 10.1. The summed E-state index contributed by atoms with van der Waals surface area (Å²) in [5, 5.41) is 5.37. The van der Waals surface area contributed by atoms with Gasteiger partial charge in [-0.2, -0.15) is 0 Å². The number of ether oxygens (including phenoxy) is 1. The molecule has 2 N–H and O–H groups in total. The molecule has 0 fully saturated rings. The van der Waals surface area contributed by atoms with Crippen molar-refractivity contribution in [2.45, 2.75) is 52.3 Å². The van der Waals surface area contributed by atoms with E-state index in [2.05, 4.69) is 10.6 Å². The normalized spacial score (nSPS) is 14.0. The van der Waals surface area contributed by atoms with Crippen LogP contribution in [0, 0.1) is 0 Å². The summed E-state index contributed by atoms with van der Waals surface area (Å²) in [6.07, 6.45) is -0.600. The lowest BCUT2D eigenvalue weighted by Crippen LogP contribution is -2.47. The van der Waals surface area contributed by atoms with Crippen LogP contribution in [0.5, 0.6) is 0 Å². The van der Waals surface area contributed by atoms with Crippen LogP contribution in [0.3, 0.4) is 0 Å². The molecule has 0 aliphatic carbocycles. The van der Waals surface area contributed by atoms with Gasteiger partial charge in [0.05, 0.1) is 6.04 Å². The summed E-state index contributed by atoms with van der Waals surface area (Å²) < 4.78 is 5.12. The van der Waals surface area contributed by atoms with E-state index >= 15 is 0 Å². The van der Waals surface area contributed by atoms with Gasteiger partial charge in [-0.25, -0.2) is 4.79 Å². The molecule has 0 radical (unpaired) electrons. The maximum absolute atomic E-state index is 12.0. The molecular formula is C16H24N2O3. The molecular weight excluding hydrogens is 268 g/mol. The van der Waals surface area contributed by atoms with E-state index in [1.807, 2.05) is 37.3 Å². The van der Waals surface area contributed by atoms with E-state index < -0.39 is 17.7 Å². The lowest BCUT2D eigenvalue weighted by molar-refractivity contribution is -0.123. The maximum Gasteiger partial charge on any atom is 0.408 e. The van der Waals surface area contributed by atoms with E-state index in [1.165, 1.54) is 0 Å². The number of amides is 2. The van der Waals surface area contributed by atoms with Gasteiger partial charge in [0.2, 0.25) is 5.91 Å². The highest BCUT2D eigenvalue weighted by molar-refractivity contribution is 5.85. The molecule has 5 heteroatoms. The van der Waals surface area contributed by atoms with Gasteiger partial charge in [-0.3, -0.25) is 4.79 Å². The van der Waals surface area contributed by atoms with Crippen LogP contribution in [-0.4, -0.2) is 23.6 Å². The SMILES string of the molecule is C[C@@H](NC(=O)OC(C)(C)C)C(=O)N[C@H](C)c1ccccc1. The predicted octanol–water partition coefficient (Wildman–Crippen LogP) is 2.78. The van der Waals surface area contributed by atoms with Crippen LogP contribution >= 0.6 is 0 Å². The molecule has 0 aliphatic rings. The van der Waals surface area contributed by atoms with Gasteiger partial charge >= 0.3 is 6.09 Å². The monoisotopic (exact) mass is 292 g/mol. The van der Waals surface area contributed by atoms with Crippen LogP contribution < -0.4 is 10.6 Å². The summed E-state index contributed by atoms with van der Waals surface area (Å²) >= 11 is 0. The Kier molecular flexibility index (Phi) is 5.76. The molecule has 0 saturated heterocycles. The van der Waals surface area contributed by atoms with Gasteiger partial charge in [-0.1, -0.05) is 30.3 Å². The molecule has 0 heterocycles. The largest absolute Gasteiger partial charge is 0.444 e. The summed E-state index contributed by atoms with van der Waals surface area (Å²) in [7, 11) is 0. The molecule has 0 unspecified atom stereocenters. The van der Waals surface area contributed by atoms with Crippen LogP contribution in [-0.2, 0) is 9.53 Å². The number of hydrogen-bond acceptors (Lipinski definition) is 3. The van der Waals surface area contributed by atoms with E-state index in [4.69, 9.17) is 4.74 Å². The van der Waals surface area contributed by atoms with Crippen molar-refractivity contribution in [1.29, 1.82) is 0 Å². The maximum atomic E-state index is 12.0. The van der Waals surface area contributed by atoms with Crippen molar-refractivity contribution in [2.24, 2.45) is 0 Å². The lowest BCUT2D eigenvalue weighted by Gasteiger charge is -2.22. The second-order valence-electron chi connectivity index (χ2n) is 6.01. The average molecular weight is 292 g/mol. The molecule has 0 saturated carbocycles. The fourth-order valence-electron chi connectivity index (χ4n) is 1.71. The molecule has 1 rings (SSSR count). The Morgan fingerprint density at radius 3 is 2.14 bits per heavy atom. The summed E-state index contributed by atoms with van der Waals surface area (Å²) in [6, 6.07) is 8.85. The minimum Gasteiger partial charge on any atom is -0.444 e. The zero-order chi connectivity index (χ0) is 16.0. The Morgan fingerprint density at radius 2 is 1.62 bits per heavy atom. The number of nitrogens with one attached hydrogen (secondary N) is 2. The summed E-state index contributed by atoms with van der Waals surface area (Å²) in [6.45, 7) is 8.84. The molecule has 1 aromatic rings. The second kappa shape index (κ2) is 7.11. The molecule has 5 nitrogen and oxygen atoms in total. The average Bonchev–Trinajstić information content (AvgIpc) is 2.37. The fourth-order valence-corrected chi connectivity index (χ4v) is 1.71. The van der Waals surface area contributed by atoms with Crippen molar-refractivity contribution in [2.75, 3.05) is 0 Å². The number of rotatable bonds is 4. The number of carbonyl (C=O) groups excluding carboxylic acids is 2. The number of hydrogen-bond donors (Lipinski definition) is 2. The van der Waals surface area contributed by atoms with E-state index in [-0.39, 0.29) is 11.9 Å². The van der Waals surface area contributed by atoms with Crippen molar-refractivity contribution in [3.05, 3.63) is 35.9 Å². The van der Waals surface area contributed by atoms with Crippen LogP contribution in [0.15, 0.2) is 30.3 Å². The molecule has 2 amide bonds. The first kappa shape index (κ1) is 17.0. The first-order chi connectivity index (χ1) is 9.69. The summed E-state index contributed by atoms with van der Waals surface area (Å²) in [5.74, 6) is -0.253. The molecule has 0 bridgehead atoms. The highest BCUT2D eigenvalue weighted by Crippen LogP contribution is 2.11. The highest BCUT2D eigenvalue weighted by atomic mass is 16.6. The third-order valence-electron chi connectivity index (χ3n) is 2.78. The summed E-state index contributed by atoms with van der Waals surface area (Å²) in [5.41, 5.74) is 0.424. The quantitative estimate of drug-likeness (QED) is 0.896. The molecule has 2 atom stereocenters. The Bertz CT molecular complexity index is 480. The van der Waals surface area contributed by atoms with Gasteiger partial charge in [0.1, 0.15) is 11.6 Å². The number of benzene rings is 1. The summed E-state index contributed by atoms with van der Waals surface area (Å²) in [4.78, 5) is 23.7. The third kappa shape index (κ3) is 6.29. The van der Waals surface area contributed by atoms with Crippen molar-refractivity contribution < 1.29 is 14.3 Å². The van der Waals surface area contributed by atoms with Crippen molar-refractivity contribution in [3.8, 4) is 0 Å². The molecule has 1 aromatic carbocycles. The zero-order valence-electron chi connectivity index (χ0n) is 13.3. The number of carbonyl (C=O) groups is 2. The van der Waals surface area contributed by atoms with Gasteiger partial charge < -0.3 is 15.4 Å². The second-order valence-corrected chi connectivity index (χ2v) is 6.01. The highest BCUT2D eigenvalue weighted by Gasteiger charge is 2.21. The Balaban J connectivity index is 2.50. The molecule has 0 aromatic heterocycles. The van der Waals surface area contributed by atoms with E-state index in [1.54, 1.807) is 27.7 Å². The van der Waals surface area contributed by atoms with Crippen LogP contribution in [0.2, 0.25) is 0 Å². The van der Waals surface area contributed by atoms with Crippen LogP contribution in [0.25, 0.3) is 0 Å². The van der Waals surface area contributed by atoms with Crippen molar-refractivity contribution in [3.63, 3.8) is 0 Å². The van der Waals surface area contributed by atoms with Crippen LogP contribution in [0.1, 0.15) is 46.2 Å². The minimum atomic E-state index is -0.661. The van der Waals surface area contributed by atoms with E-state index in [9.17, 15) is 9.59 Å². The molecule has 0 aliphatic heterocycles. The predicted molar refractivity (Wildman–Crippen MR) is 81.8 cm³/mol. The third-order valence-corrected chi connectivity index (χ3v) is 2.78. The Morgan fingerprint density at radius 1 is 1.05 bits per heavy atom. The van der Waals surface area contributed by atoms with Crippen molar-refractivity contribution in [1.82, 2.24) is 10.6 Å². The van der Waals surface area contributed by atoms with Crippen LogP contribution in [0.4, 0.5) is 4.79 Å². The standard InChI is InChI=1S/C16H24N2O3/c1-11(13-9-7-6-8-10-13)17-14(19)12(2)18-15(20)21-16(3,4)5/h6-12H,1-5H3,(H,17,19)(H,18,20)/t11-,12-/m1/s1. The molecule has 21 heavy (non-hydrogen) atoms. The topological polar surface area (TPSA) is 67.4 Å². The van der Waals surface area contributed by atoms with Gasteiger partial charge in [-0.15, -0.1) is 0 Å². The van der Waals surface area contributed by atoms with Gasteiger partial charge in [0.15, 0.2) is 0 Å². The Hall–Kier alpha value is -2.04. The van der Waals surface area contributed by atoms with Gasteiger partial charge in [0.25, 0.3) is 0 Å². The number of alkyl carbamates (subject to hydrolysis) is 1.